The summed E-state index contributed by atoms with van der Waals surface area (Å²) in [6, 6.07) is -6.39. The standard InChI is InChI=1S/C39H58N8O11/c1-2-12-25(34(53)39(58)42-22-30(50)46-32(35(40)54)23-13-5-3-6-14-23)44-36(55)26-17-9-10-20-41-28(48)18-11-19-29(49)43-27(21-31(51)52)37(56)47-33(38(57)45-26)24-15-7-4-8-16-24/h3,5-6,13,23-27,32-33H,2,4,7-12,14-22H2,1H3,(H2,40,54)(H,41,48)(H,42,58)(H,43,49)(H,44,55)(H,45,57)(H,46,50)(H,47,56)(H,51,52)/t23?,25?,26-,27+,32-,33-/m0/s1. The zero-order valence-corrected chi connectivity index (χ0v) is 33.0. The average Bonchev–Trinajstić information content (AvgIpc) is 3.19. The van der Waals surface area contributed by atoms with Crippen molar-refractivity contribution in [2.45, 2.75) is 133 Å². The van der Waals surface area contributed by atoms with E-state index in [1.807, 2.05) is 6.08 Å². The van der Waals surface area contributed by atoms with E-state index in [2.05, 4.69) is 37.2 Å². The van der Waals surface area contributed by atoms with Gasteiger partial charge in [0.1, 0.15) is 24.2 Å². The minimum absolute atomic E-state index is 0.00290. The highest BCUT2D eigenvalue weighted by atomic mass is 16.4. The second-order valence-corrected chi connectivity index (χ2v) is 14.9. The molecule has 2 unspecified atom stereocenters. The molecule has 3 aliphatic rings. The molecule has 320 valence electrons. The molecule has 1 aliphatic heterocycles. The molecule has 8 amide bonds. The Kier molecular flexibility index (Phi) is 19.5. The van der Waals surface area contributed by atoms with Gasteiger partial charge in [-0.1, -0.05) is 56.9 Å². The molecule has 0 aromatic rings. The number of primary amides is 1. The molecule has 0 spiro atoms. The lowest BCUT2D eigenvalue weighted by atomic mass is 9.83. The number of hydrogen-bond acceptors (Lipinski definition) is 10. The molecule has 1 saturated heterocycles. The van der Waals surface area contributed by atoms with Gasteiger partial charge >= 0.3 is 5.97 Å². The van der Waals surface area contributed by atoms with E-state index in [1.54, 1.807) is 25.2 Å². The fourth-order valence-electron chi connectivity index (χ4n) is 7.19. The van der Waals surface area contributed by atoms with Crippen LogP contribution in [0.1, 0.15) is 103 Å². The molecule has 10 N–H and O–H groups in total. The minimum Gasteiger partial charge on any atom is -0.481 e. The Morgan fingerprint density at radius 1 is 0.845 bits per heavy atom. The van der Waals surface area contributed by atoms with Crippen LogP contribution in [0, 0.1) is 11.8 Å². The second kappa shape index (κ2) is 24.2. The number of allylic oxidation sites excluding steroid dienone is 3. The Morgan fingerprint density at radius 3 is 2.21 bits per heavy atom. The number of amides is 8. The van der Waals surface area contributed by atoms with Crippen molar-refractivity contribution in [2.75, 3.05) is 13.1 Å². The summed E-state index contributed by atoms with van der Waals surface area (Å²) in [5.41, 5.74) is 5.49. The van der Waals surface area contributed by atoms with Crippen LogP contribution in [0.2, 0.25) is 0 Å². The lowest BCUT2D eigenvalue weighted by molar-refractivity contribution is -0.142. The first-order chi connectivity index (χ1) is 27.7. The van der Waals surface area contributed by atoms with Crippen molar-refractivity contribution in [3.05, 3.63) is 24.3 Å². The fourth-order valence-corrected chi connectivity index (χ4v) is 7.19. The molecule has 0 bridgehead atoms. The molecule has 3 rings (SSSR count). The summed E-state index contributed by atoms with van der Waals surface area (Å²) in [6.45, 7) is 1.29. The van der Waals surface area contributed by atoms with Crippen molar-refractivity contribution >= 4 is 59.0 Å². The summed E-state index contributed by atoms with van der Waals surface area (Å²) in [5.74, 6) is -9.30. The fraction of sp³-hybridized carbons (Fsp3) is 0.641. The first-order valence-electron chi connectivity index (χ1n) is 20.1. The van der Waals surface area contributed by atoms with Gasteiger partial charge < -0.3 is 48.1 Å². The van der Waals surface area contributed by atoms with Crippen molar-refractivity contribution in [3.8, 4) is 0 Å². The zero-order valence-electron chi connectivity index (χ0n) is 33.0. The molecular formula is C39H58N8O11. The number of Topliss-reactive ketones (excluding diaryl/α,β-unsaturated/α-hetero) is 1. The number of hydrogen-bond donors (Lipinski definition) is 9. The maximum absolute atomic E-state index is 14.1. The van der Waals surface area contributed by atoms with Gasteiger partial charge in [0, 0.05) is 25.3 Å². The molecule has 58 heavy (non-hydrogen) atoms. The maximum atomic E-state index is 14.1. The van der Waals surface area contributed by atoms with Gasteiger partial charge in [-0.3, -0.25) is 47.9 Å². The van der Waals surface area contributed by atoms with E-state index >= 15 is 0 Å². The smallest absolute Gasteiger partial charge is 0.305 e. The number of carbonyl (C=O) groups excluding carboxylic acids is 9. The molecule has 2 aliphatic carbocycles. The van der Waals surface area contributed by atoms with E-state index in [4.69, 9.17) is 5.73 Å². The van der Waals surface area contributed by atoms with Gasteiger partial charge in [-0.15, -0.1) is 0 Å². The largest absolute Gasteiger partial charge is 0.481 e. The van der Waals surface area contributed by atoms with Gasteiger partial charge in [0.2, 0.25) is 47.1 Å². The summed E-state index contributed by atoms with van der Waals surface area (Å²) in [7, 11) is 0. The van der Waals surface area contributed by atoms with Crippen LogP contribution in [0.5, 0.6) is 0 Å². The number of nitrogens with two attached hydrogens (primary N) is 1. The summed E-state index contributed by atoms with van der Waals surface area (Å²) in [4.78, 5) is 129. The first-order valence-corrected chi connectivity index (χ1v) is 20.1. The van der Waals surface area contributed by atoms with Gasteiger partial charge in [0.05, 0.1) is 19.0 Å². The Labute approximate surface area is 337 Å². The number of nitrogens with one attached hydrogen (secondary N) is 7. The van der Waals surface area contributed by atoms with Crippen LogP contribution in [0.25, 0.3) is 0 Å². The molecule has 1 heterocycles. The molecular weight excluding hydrogens is 756 g/mol. The van der Waals surface area contributed by atoms with Crippen LogP contribution in [-0.2, 0) is 47.9 Å². The molecule has 6 atom stereocenters. The number of ketones is 1. The van der Waals surface area contributed by atoms with Gasteiger partial charge in [-0.05, 0) is 57.3 Å². The number of rotatable bonds is 14. The Hall–Kier alpha value is -5.62. The monoisotopic (exact) mass is 814 g/mol. The van der Waals surface area contributed by atoms with Crippen molar-refractivity contribution in [2.24, 2.45) is 17.6 Å². The number of aliphatic carboxylic acids is 1. The summed E-state index contributed by atoms with van der Waals surface area (Å²) >= 11 is 0. The SMILES string of the molecule is CCCC(NC(=O)[C@@H]1CCCCNC(=O)CCCC(=O)N[C@H](CC(=O)O)C(=O)N[C@@H](C2CCCCC2)C(=O)N1)C(=O)C(=O)NCC(=O)N[C@H](C(N)=O)C1C=CC=CC1. The molecule has 0 aromatic carbocycles. The third kappa shape index (κ3) is 15.7. The normalized spacial score (nSPS) is 23.9. The molecule has 19 nitrogen and oxygen atoms in total. The van der Waals surface area contributed by atoms with Crippen LogP contribution in [0.15, 0.2) is 24.3 Å². The van der Waals surface area contributed by atoms with Gasteiger partial charge in [0.25, 0.3) is 5.91 Å². The van der Waals surface area contributed by atoms with Gasteiger partial charge in [-0.25, -0.2) is 0 Å². The predicted octanol–water partition coefficient (Wildman–Crippen LogP) is -0.961. The highest BCUT2D eigenvalue weighted by Crippen LogP contribution is 2.27. The Balaban J connectivity index is 1.78. The molecule has 2 fully saturated rings. The van der Waals surface area contributed by atoms with Crippen LogP contribution in [0.3, 0.4) is 0 Å². The summed E-state index contributed by atoms with van der Waals surface area (Å²) < 4.78 is 0. The van der Waals surface area contributed by atoms with E-state index in [0.29, 0.717) is 38.5 Å². The van der Waals surface area contributed by atoms with Gasteiger partial charge in [-0.2, -0.15) is 0 Å². The number of carbonyl (C=O) groups is 10. The lowest BCUT2D eigenvalue weighted by Crippen LogP contribution is -2.60. The van der Waals surface area contributed by atoms with Crippen LogP contribution < -0.4 is 43.0 Å². The quantitative estimate of drug-likeness (QED) is 0.0963. The van der Waals surface area contributed by atoms with E-state index < -0.39 is 102 Å². The van der Waals surface area contributed by atoms with Crippen molar-refractivity contribution in [1.29, 1.82) is 0 Å². The molecule has 19 heteroatoms. The van der Waals surface area contributed by atoms with Crippen molar-refractivity contribution < 1.29 is 53.1 Å². The molecule has 0 aromatic heterocycles. The third-order valence-electron chi connectivity index (χ3n) is 10.3. The molecule has 1 saturated carbocycles. The van der Waals surface area contributed by atoms with E-state index in [-0.39, 0.29) is 50.5 Å². The number of carboxylic acid groups (broad SMARTS) is 1. The maximum Gasteiger partial charge on any atom is 0.305 e. The third-order valence-corrected chi connectivity index (χ3v) is 10.3. The number of carboxylic acids is 1. The zero-order chi connectivity index (χ0) is 42.6. The summed E-state index contributed by atoms with van der Waals surface area (Å²) in [5, 5.41) is 27.3. The average molecular weight is 815 g/mol. The first kappa shape index (κ1) is 46.8. The van der Waals surface area contributed by atoms with E-state index in [9.17, 15) is 53.1 Å². The van der Waals surface area contributed by atoms with Crippen molar-refractivity contribution in [1.82, 2.24) is 37.2 Å². The van der Waals surface area contributed by atoms with E-state index in [1.165, 1.54) is 0 Å². The van der Waals surface area contributed by atoms with Crippen LogP contribution in [0.4, 0.5) is 0 Å². The highest BCUT2D eigenvalue weighted by Gasteiger charge is 2.37. The van der Waals surface area contributed by atoms with Crippen LogP contribution in [-0.4, -0.2) is 107 Å². The predicted molar refractivity (Wildman–Crippen MR) is 208 cm³/mol. The van der Waals surface area contributed by atoms with Crippen LogP contribution >= 0.6 is 0 Å². The highest BCUT2D eigenvalue weighted by molar-refractivity contribution is 6.38. The Morgan fingerprint density at radius 2 is 1.55 bits per heavy atom. The summed E-state index contributed by atoms with van der Waals surface area (Å²) in [6.07, 6.45) is 11.4. The van der Waals surface area contributed by atoms with Gasteiger partial charge in [0.15, 0.2) is 0 Å². The van der Waals surface area contributed by atoms with E-state index in [0.717, 1.165) is 19.3 Å². The van der Waals surface area contributed by atoms with Crippen molar-refractivity contribution in [3.63, 3.8) is 0 Å². The lowest BCUT2D eigenvalue weighted by Gasteiger charge is -2.32. The second-order valence-electron chi connectivity index (χ2n) is 14.9. The topological polar surface area (TPSA) is 301 Å². The Bertz CT molecular complexity index is 1590. The minimum atomic E-state index is -1.52. The molecule has 0 radical (unpaired) electrons.